The van der Waals surface area contributed by atoms with Gasteiger partial charge in [0.2, 0.25) is 5.91 Å². The first-order valence-electron chi connectivity index (χ1n) is 6.68. The van der Waals surface area contributed by atoms with Crippen molar-refractivity contribution in [1.29, 1.82) is 0 Å². The molecule has 0 spiro atoms. The van der Waals surface area contributed by atoms with Crippen LogP contribution in [0.3, 0.4) is 0 Å². The Hall–Kier alpha value is -1.36. The number of nitrogens with one attached hydrogen (secondary N) is 1. The van der Waals surface area contributed by atoms with Crippen LogP contribution in [0.15, 0.2) is 17.5 Å². The quantitative estimate of drug-likeness (QED) is 0.841. The van der Waals surface area contributed by atoms with Crippen molar-refractivity contribution in [2.45, 2.75) is 32.1 Å². The van der Waals surface area contributed by atoms with Gasteiger partial charge in [-0.15, -0.1) is 11.3 Å². The number of rotatable bonds is 6. The lowest BCUT2D eigenvalue weighted by Gasteiger charge is -2.16. The van der Waals surface area contributed by atoms with E-state index in [1.54, 1.807) is 11.3 Å². The lowest BCUT2D eigenvalue weighted by Crippen LogP contribution is -2.33. The molecule has 2 N–H and O–H groups in total. The Bertz CT molecular complexity index is 430. The molecule has 1 aromatic rings. The number of hydrogen-bond donors (Lipinski definition) is 2. The number of carbonyl (C=O) groups excluding carboxylic acids is 1. The van der Waals surface area contributed by atoms with Crippen LogP contribution in [0.4, 0.5) is 0 Å². The topological polar surface area (TPSA) is 66.4 Å². The fraction of sp³-hybridized carbons (Fsp3) is 0.571. The zero-order chi connectivity index (χ0) is 13.7. The molecule has 0 radical (unpaired) electrons. The van der Waals surface area contributed by atoms with Gasteiger partial charge in [0.15, 0.2) is 0 Å². The van der Waals surface area contributed by atoms with E-state index in [1.165, 1.54) is 4.88 Å². The molecule has 1 fully saturated rings. The van der Waals surface area contributed by atoms with Crippen molar-refractivity contribution in [1.82, 2.24) is 5.32 Å². The molecule has 0 saturated heterocycles. The third kappa shape index (κ3) is 4.06. The van der Waals surface area contributed by atoms with Crippen molar-refractivity contribution in [3.05, 3.63) is 22.4 Å². The second-order valence-electron chi connectivity index (χ2n) is 5.02. The van der Waals surface area contributed by atoms with Gasteiger partial charge >= 0.3 is 5.97 Å². The number of carbonyl (C=O) groups is 2. The summed E-state index contributed by atoms with van der Waals surface area (Å²) in [5.41, 5.74) is 0. The van der Waals surface area contributed by atoms with Crippen LogP contribution >= 0.6 is 11.3 Å². The van der Waals surface area contributed by atoms with Gasteiger partial charge in [-0.05, 0) is 36.6 Å². The number of hydrogen-bond acceptors (Lipinski definition) is 3. The summed E-state index contributed by atoms with van der Waals surface area (Å²) in [7, 11) is 0. The Morgan fingerprint density at radius 3 is 2.95 bits per heavy atom. The number of thiophene rings is 1. The van der Waals surface area contributed by atoms with Crippen LogP contribution in [0.5, 0.6) is 0 Å². The molecule has 104 valence electrons. The Labute approximate surface area is 116 Å². The fourth-order valence-electron chi connectivity index (χ4n) is 2.63. The van der Waals surface area contributed by atoms with Gasteiger partial charge in [-0.3, -0.25) is 9.59 Å². The normalized spacial score (nSPS) is 22.3. The minimum absolute atomic E-state index is 0.0180. The van der Waals surface area contributed by atoms with Gasteiger partial charge < -0.3 is 10.4 Å². The minimum atomic E-state index is -0.727. The predicted octanol–water partition coefficient (Wildman–Crippen LogP) is 2.30. The maximum atomic E-state index is 11.7. The third-order valence-corrected chi connectivity index (χ3v) is 4.65. The molecular weight excluding hydrogens is 262 g/mol. The summed E-state index contributed by atoms with van der Waals surface area (Å²) in [6.07, 6.45) is 3.83. The molecule has 5 heteroatoms. The van der Waals surface area contributed by atoms with E-state index in [9.17, 15) is 9.59 Å². The lowest BCUT2D eigenvalue weighted by molar-refractivity contribution is -0.143. The van der Waals surface area contributed by atoms with Gasteiger partial charge in [-0.1, -0.05) is 12.5 Å². The Morgan fingerprint density at radius 2 is 2.26 bits per heavy atom. The highest BCUT2D eigenvalue weighted by atomic mass is 32.1. The highest BCUT2D eigenvalue weighted by Gasteiger charge is 2.32. The summed E-state index contributed by atoms with van der Waals surface area (Å²) < 4.78 is 0. The monoisotopic (exact) mass is 281 g/mol. The maximum absolute atomic E-state index is 11.7. The molecule has 1 aliphatic carbocycles. The lowest BCUT2D eigenvalue weighted by atomic mass is 9.96. The van der Waals surface area contributed by atoms with Crippen molar-refractivity contribution in [2.75, 3.05) is 6.54 Å². The largest absolute Gasteiger partial charge is 0.481 e. The average molecular weight is 281 g/mol. The molecular formula is C14H19NO3S. The molecule has 1 heterocycles. The summed E-state index contributed by atoms with van der Waals surface area (Å²) in [6, 6.07) is 4.00. The maximum Gasteiger partial charge on any atom is 0.306 e. The number of amides is 1. The van der Waals surface area contributed by atoms with E-state index in [4.69, 9.17) is 5.11 Å². The first-order chi connectivity index (χ1) is 9.16. The molecule has 0 aromatic carbocycles. The van der Waals surface area contributed by atoms with Gasteiger partial charge in [-0.2, -0.15) is 0 Å². The van der Waals surface area contributed by atoms with Crippen LogP contribution in [-0.2, 0) is 16.0 Å². The zero-order valence-corrected chi connectivity index (χ0v) is 11.6. The van der Waals surface area contributed by atoms with Gasteiger partial charge in [0, 0.05) is 17.8 Å². The number of aryl methyl sites for hydroxylation is 1. The van der Waals surface area contributed by atoms with Crippen molar-refractivity contribution in [3.63, 3.8) is 0 Å². The third-order valence-electron chi connectivity index (χ3n) is 3.72. The number of carboxylic acid groups (broad SMARTS) is 1. The minimum Gasteiger partial charge on any atom is -0.481 e. The van der Waals surface area contributed by atoms with Crippen LogP contribution in [0.25, 0.3) is 0 Å². The second kappa shape index (κ2) is 6.70. The molecule has 1 aliphatic rings. The molecule has 0 bridgehead atoms. The van der Waals surface area contributed by atoms with Crippen LogP contribution in [0, 0.1) is 11.8 Å². The predicted molar refractivity (Wildman–Crippen MR) is 74.1 cm³/mol. The van der Waals surface area contributed by atoms with Crippen LogP contribution in [0.1, 0.15) is 30.6 Å². The van der Waals surface area contributed by atoms with E-state index in [0.717, 1.165) is 25.7 Å². The smallest absolute Gasteiger partial charge is 0.306 e. The summed E-state index contributed by atoms with van der Waals surface area (Å²) in [6.45, 7) is 0.500. The van der Waals surface area contributed by atoms with Crippen molar-refractivity contribution >= 4 is 23.2 Å². The van der Waals surface area contributed by atoms with E-state index in [0.29, 0.717) is 13.0 Å². The summed E-state index contributed by atoms with van der Waals surface area (Å²) in [5.74, 6) is -0.888. The summed E-state index contributed by atoms with van der Waals surface area (Å²) in [5, 5.41) is 13.9. The Kier molecular flexibility index (Phi) is 4.96. The highest BCUT2D eigenvalue weighted by molar-refractivity contribution is 7.09. The second-order valence-corrected chi connectivity index (χ2v) is 6.05. The van der Waals surface area contributed by atoms with E-state index < -0.39 is 5.97 Å². The zero-order valence-electron chi connectivity index (χ0n) is 10.8. The molecule has 1 aromatic heterocycles. The number of aliphatic carboxylic acids is 1. The van der Waals surface area contributed by atoms with E-state index in [2.05, 4.69) is 5.32 Å². The molecule has 0 aliphatic heterocycles. The molecule has 2 unspecified atom stereocenters. The summed E-state index contributed by atoms with van der Waals surface area (Å²) >= 11 is 1.65. The highest BCUT2D eigenvalue weighted by Crippen LogP contribution is 2.31. The Morgan fingerprint density at radius 1 is 1.42 bits per heavy atom. The SMILES string of the molecule is O=C(CCc1cccs1)NCC1CCCC1C(=O)O. The fourth-order valence-corrected chi connectivity index (χ4v) is 3.34. The Balaban J connectivity index is 1.70. The summed E-state index contributed by atoms with van der Waals surface area (Å²) in [4.78, 5) is 24.0. The molecule has 4 nitrogen and oxygen atoms in total. The van der Waals surface area contributed by atoms with E-state index in [-0.39, 0.29) is 17.7 Å². The molecule has 2 rings (SSSR count). The van der Waals surface area contributed by atoms with Crippen LogP contribution < -0.4 is 5.32 Å². The standard InChI is InChI=1S/C14H19NO3S/c16-13(7-6-11-4-2-8-19-11)15-9-10-3-1-5-12(10)14(17)18/h2,4,8,10,12H,1,3,5-7,9H2,(H,15,16)(H,17,18). The van der Waals surface area contributed by atoms with E-state index in [1.807, 2.05) is 17.5 Å². The van der Waals surface area contributed by atoms with Crippen molar-refractivity contribution < 1.29 is 14.7 Å². The first-order valence-corrected chi connectivity index (χ1v) is 7.56. The average Bonchev–Trinajstić information content (AvgIpc) is 3.04. The molecule has 2 atom stereocenters. The van der Waals surface area contributed by atoms with Crippen LogP contribution in [0.2, 0.25) is 0 Å². The molecule has 19 heavy (non-hydrogen) atoms. The molecule has 1 saturated carbocycles. The first kappa shape index (κ1) is 14.1. The van der Waals surface area contributed by atoms with Crippen molar-refractivity contribution in [2.24, 2.45) is 11.8 Å². The van der Waals surface area contributed by atoms with Gasteiger partial charge in [0.1, 0.15) is 0 Å². The van der Waals surface area contributed by atoms with Crippen molar-refractivity contribution in [3.8, 4) is 0 Å². The van der Waals surface area contributed by atoms with Crippen LogP contribution in [-0.4, -0.2) is 23.5 Å². The van der Waals surface area contributed by atoms with Gasteiger partial charge in [-0.25, -0.2) is 0 Å². The van der Waals surface area contributed by atoms with E-state index >= 15 is 0 Å². The molecule has 1 amide bonds. The van der Waals surface area contributed by atoms with Gasteiger partial charge in [0.05, 0.1) is 5.92 Å². The number of carboxylic acids is 1. The van der Waals surface area contributed by atoms with Gasteiger partial charge in [0.25, 0.3) is 0 Å².